The number of ether oxygens (including phenoxy) is 1. The average Bonchev–Trinajstić information content (AvgIpc) is 2.92. The summed E-state index contributed by atoms with van der Waals surface area (Å²) in [5.41, 5.74) is 1.47. The lowest BCUT2D eigenvalue weighted by Crippen LogP contribution is -2.21. The van der Waals surface area contributed by atoms with E-state index in [9.17, 15) is 14.4 Å². The van der Waals surface area contributed by atoms with Gasteiger partial charge in [0.1, 0.15) is 4.88 Å². The smallest absolute Gasteiger partial charge is 0.337 e. The Kier molecular flexibility index (Phi) is 4.57. The van der Waals surface area contributed by atoms with Crippen molar-refractivity contribution in [2.75, 3.05) is 19.0 Å². The number of carbonyl (C=O) groups is 3. The molecule has 24 heavy (non-hydrogen) atoms. The van der Waals surface area contributed by atoms with Gasteiger partial charge in [0.2, 0.25) is 0 Å². The monoisotopic (exact) mass is 345 g/mol. The number of aromatic nitrogens is 1. The Morgan fingerprint density at radius 2 is 1.96 bits per heavy atom. The molecule has 1 aliphatic rings. The SMILES string of the molecule is COC(=O)c1ccc(C(=O)Nc2nc3c(s2)C(=O)NCCC3)cc1. The molecule has 0 saturated heterocycles. The number of nitrogens with zero attached hydrogens (tertiary/aromatic N) is 1. The highest BCUT2D eigenvalue weighted by atomic mass is 32.1. The van der Waals surface area contributed by atoms with Gasteiger partial charge in [0.25, 0.3) is 11.8 Å². The van der Waals surface area contributed by atoms with Crippen LogP contribution in [0.1, 0.15) is 42.5 Å². The van der Waals surface area contributed by atoms with Crippen molar-refractivity contribution in [1.29, 1.82) is 0 Å². The third-order valence-electron chi connectivity index (χ3n) is 3.57. The number of benzene rings is 1. The van der Waals surface area contributed by atoms with Gasteiger partial charge in [-0.05, 0) is 37.1 Å². The van der Waals surface area contributed by atoms with Gasteiger partial charge in [-0.1, -0.05) is 11.3 Å². The molecular formula is C16H15N3O4S. The van der Waals surface area contributed by atoms with Crippen molar-refractivity contribution in [1.82, 2.24) is 10.3 Å². The molecule has 2 N–H and O–H groups in total. The van der Waals surface area contributed by atoms with Gasteiger partial charge in [0.15, 0.2) is 5.13 Å². The van der Waals surface area contributed by atoms with E-state index in [2.05, 4.69) is 20.4 Å². The van der Waals surface area contributed by atoms with Crippen LogP contribution >= 0.6 is 11.3 Å². The summed E-state index contributed by atoms with van der Waals surface area (Å²) >= 11 is 1.16. The fourth-order valence-corrected chi connectivity index (χ4v) is 3.26. The molecule has 1 aromatic heterocycles. The highest BCUT2D eigenvalue weighted by Gasteiger charge is 2.21. The first kappa shape index (κ1) is 16.1. The second kappa shape index (κ2) is 6.79. The minimum atomic E-state index is -0.461. The van der Waals surface area contributed by atoms with Gasteiger partial charge in [0.05, 0.1) is 18.4 Å². The normalized spacial score (nSPS) is 13.5. The van der Waals surface area contributed by atoms with E-state index in [1.807, 2.05) is 0 Å². The first-order chi connectivity index (χ1) is 11.6. The van der Waals surface area contributed by atoms with Crippen LogP contribution in [0.5, 0.6) is 0 Å². The summed E-state index contributed by atoms with van der Waals surface area (Å²) in [6.45, 7) is 0.635. The molecule has 0 aliphatic carbocycles. The highest BCUT2D eigenvalue weighted by molar-refractivity contribution is 7.17. The lowest BCUT2D eigenvalue weighted by atomic mass is 10.1. The Labute approximate surface area is 142 Å². The largest absolute Gasteiger partial charge is 0.465 e. The Bertz CT molecular complexity index is 798. The summed E-state index contributed by atoms with van der Waals surface area (Å²) in [5, 5.41) is 5.88. The second-order valence-corrected chi connectivity index (χ2v) is 6.18. The van der Waals surface area contributed by atoms with E-state index < -0.39 is 5.97 Å². The number of amides is 2. The summed E-state index contributed by atoms with van der Waals surface area (Å²) in [5.74, 6) is -0.963. The molecule has 2 aromatic rings. The van der Waals surface area contributed by atoms with Crippen molar-refractivity contribution >= 4 is 34.3 Å². The number of hydrogen-bond donors (Lipinski definition) is 2. The standard InChI is InChI=1S/C16H15N3O4S/c1-23-15(22)10-6-4-9(5-7-10)13(20)19-16-18-11-3-2-8-17-14(21)12(11)24-16/h4-7H,2-3,8H2,1H3,(H,17,21)(H,18,19,20). The van der Waals surface area contributed by atoms with Gasteiger partial charge in [-0.3, -0.25) is 14.9 Å². The number of hydrogen-bond acceptors (Lipinski definition) is 6. The zero-order chi connectivity index (χ0) is 17.1. The molecule has 0 radical (unpaired) electrons. The van der Waals surface area contributed by atoms with Gasteiger partial charge in [-0.25, -0.2) is 9.78 Å². The zero-order valence-corrected chi connectivity index (χ0v) is 13.7. The van der Waals surface area contributed by atoms with E-state index in [-0.39, 0.29) is 11.8 Å². The summed E-state index contributed by atoms with van der Waals surface area (Å²) in [4.78, 5) is 40.4. The van der Waals surface area contributed by atoms with Crippen LogP contribution in [0.4, 0.5) is 5.13 Å². The van der Waals surface area contributed by atoms with E-state index in [1.165, 1.54) is 31.4 Å². The van der Waals surface area contributed by atoms with Crippen molar-refractivity contribution in [2.24, 2.45) is 0 Å². The number of nitrogens with one attached hydrogen (secondary N) is 2. The van der Waals surface area contributed by atoms with Crippen LogP contribution in [0.25, 0.3) is 0 Å². The van der Waals surface area contributed by atoms with Crippen LogP contribution in [0.2, 0.25) is 0 Å². The Balaban J connectivity index is 1.74. The predicted molar refractivity (Wildman–Crippen MR) is 88.5 cm³/mol. The number of anilines is 1. The molecule has 8 heteroatoms. The van der Waals surface area contributed by atoms with E-state index in [4.69, 9.17) is 0 Å². The van der Waals surface area contributed by atoms with Gasteiger partial charge in [-0.2, -0.15) is 0 Å². The molecule has 0 bridgehead atoms. The first-order valence-electron chi connectivity index (χ1n) is 7.36. The Hall–Kier alpha value is -2.74. The molecule has 2 amide bonds. The van der Waals surface area contributed by atoms with Crippen molar-refractivity contribution < 1.29 is 19.1 Å². The molecule has 0 atom stereocenters. The number of fused-ring (bicyclic) bond motifs is 1. The molecule has 7 nitrogen and oxygen atoms in total. The molecule has 1 aliphatic heterocycles. The van der Waals surface area contributed by atoms with Gasteiger partial charge < -0.3 is 10.1 Å². The molecule has 0 spiro atoms. The molecule has 0 unspecified atom stereocenters. The lowest BCUT2D eigenvalue weighted by Gasteiger charge is -2.03. The molecule has 3 rings (SSSR count). The number of thiazole rings is 1. The third-order valence-corrected chi connectivity index (χ3v) is 4.58. The maximum atomic E-state index is 12.3. The van der Waals surface area contributed by atoms with Crippen LogP contribution in [-0.4, -0.2) is 36.4 Å². The molecule has 0 saturated carbocycles. The fraction of sp³-hybridized carbons (Fsp3) is 0.250. The van der Waals surface area contributed by atoms with Crippen molar-refractivity contribution in [3.63, 3.8) is 0 Å². The number of methoxy groups -OCH3 is 1. The quantitative estimate of drug-likeness (QED) is 0.828. The van der Waals surface area contributed by atoms with Gasteiger partial charge >= 0.3 is 5.97 Å². The predicted octanol–water partition coefficient (Wildman–Crippen LogP) is 1.86. The van der Waals surface area contributed by atoms with Gasteiger partial charge in [0, 0.05) is 12.1 Å². The van der Waals surface area contributed by atoms with Crippen LogP contribution in [-0.2, 0) is 11.2 Å². The van der Waals surface area contributed by atoms with E-state index >= 15 is 0 Å². The van der Waals surface area contributed by atoms with Crippen molar-refractivity contribution in [2.45, 2.75) is 12.8 Å². The molecule has 0 fully saturated rings. The molecule has 2 heterocycles. The maximum absolute atomic E-state index is 12.3. The van der Waals surface area contributed by atoms with Crippen LogP contribution in [0.3, 0.4) is 0 Å². The topological polar surface area (TPSA) is 97.4 Å². The number of carbonyl (C=O) groups excluding carboxylic acids is 3. The highest BCUT2D eigenvalue weighted by Crippen LogP contribution is 2.26. The van der Waals surface area contributed by atoms with Crippen LogP contribution in [0.15, 0.2) is 24.3 Å². The van der Waals surface area contributed by atoms with Crippen LogP contribution < -0.4 is 10.6 Å². The minimum Gasteiger partial charge on any atom is -0.465 e. The van der Waals surface area contributed by atoms with E-state index in [0.717, 1.165) is 17.8 Å². The van der Waals surface area contributed by atoms with Crippen molar-refractivity contribution in [3.8, 4) is 0 Å². The number of aryl methyl sites for hydroxylation is 1. The maximum Gasteiger partial charge on any atom is 0.337 e. The molecular weight excluding hydrogens is 330 g/mol. The first-order valence-corrected chi connectivity index (χ1v) is 8.18. The van der Waals surface area contributed by atoms with E-state index in [1.54, 1.807) is 0 Å². The second-order valence-electron chi connectivity index (χ2n) is 5.18. The Morgan fingerprint density at radius 1 is 1.25 bits per heavy atom. The fourth-order valence-electron chi connectivity index (χ4n) is 2.33. The third kappa shape index (κ3) is 3.28. The summed E-state index contributed by atoms with van der Waals surface area (Å²) in [7, 11) is 1.30. The van der Waals surface area contributed by atoms with Crippen LogP contribution in [0, 0.1) is 0 Å². The number of rotatable bonds is 3. The minimum absolute atomic E-state index is 0.150. The zero-order valence-electron chi connectivity index (χ0n) is 12.9. The lowest BCUT2D eigenvalue weighted by molar-refractivity contribution is 0.0600. The molecule has 1 aromatic carbocycles. The Morgan fingerprint density at radius 3 is 2.67 bits per heavy atom. The summed E-state index contributed by atoms with van der Waals surface area (Å²) < 4.78 is 4.61. The summed E-state index contributed by atoms with van der Waals surface area (Å²) in [6, 6.07) is 6.11. The average molecular weight is 345 g/mol. The summed E-state index contributed by atoms with van der Waals surface area (Å²) in [6.07, 6.45) is 1.53. The number of esters is 1. The molecule has 124 valence electrons. The van der Waals surface area contributed by atoms with Gasteiger partial charge in [-0.15, -0.1) is 0 Å². The van der Waals surface area contributed by atoms with Crippen molar-refractivity contribution in [3.05, 3.63) is 46.0 Å². The van der Waals surface area contributed by atoms with E-state index in [0.29, 0.717) is 39.8 Å².